The number of carbonyl (C=O) groups is 1. The van der Waals surface area contributed by atoms with E-state index in [4.69, 9.17) is 37.9 Å². The van der Waals surface area contributed by atoms with Crippen LogP contribution in [0.5, 0.6) is 0 Å². The summed E-state index contributed by atoms with van der Waals surface area (Å²) in [4.78, 5) is 14.1. The van der Waals surface area contributed by atoms with E-state index in [0.29, 0.717) is 92.4 Å². The highest BCUT2D eigenvalue weighted by Crippen LogP contribution is 2.21. The van der Waals surface area contributed by atoms with Gasteiger partial charge in [-0.3, -0.25) is 4.90 Å². The zero-order valence-electron chi connectivity index (χ0n) is 24.1. The first kappa shape index (κ1) is 33.4. The lowest BCUT2D eigenvalue weighted by Gasteiger charge is -2.36. The number of nitrogens with zero attached hydrogens (tertiary/aromatic N) is 1. The second-order valence-electron chi connectivity index (χ2n) is 10.1. The van der Waals surface area contributed by atoms with Crippen molar-refractivity contribution < 1.29 is 42.7 Å². The number of piperidine rings is 1. The molecule has 224 valence electrons. The van der Waals surface area contributed by atoms with Crippen molar-refractivity contribution in [1.82, 2.24) is 4.90 Å². The zero-order chi connectivity index (χ0) is 28.0. The quantitative estimate of drug-likeness (QED) is 0.208. The zero-order valence-corrected chi connectivity index (χ0v) is 24.1. The summed E-state index contributed by atoms with van der Waals surface area (Å²) >= 11 is 0. The second kappa shape index (κ2) is 21.0. The number of rotatable bonds is 21. The van der Waals surface area contributed by atoms with Crippen LogP contribution in [0.3, 0.4) is 0 Å². The van der Waals surface area contributed by atoms with Crippen LogP contribution in [0.4, 0.5) is 4.79 Å². The molecule has 0 spiro atoms. The van der Waals surface area contributed by atoms with E-state index in [0.717, 1.165) is 24.8 Å². The van der Waals surface area contributed by atoms with E-state index >= 15 is 0 Å². The molecule has 1 aliphatic rings. The Bertz CT molecular complexity index is 729. The smallest absolute Gasteiger partial charge is 0.412 e. The summed E-state index contributed by atoms with van der Waals surface area (Å²) in [5, 5.41) is 0. The lowest BCUT2D eigenvalue weighted by molar-refractivity contribution is -0.0964. The number of carbonyl (C=O) groups excluding carboxylic acids is 1. The molecule has 1 aromatic rings. The van der Waals surface area contributed by atoms with Gasteiger partial charge in [-0.25, -0.2) is 4.79 Å². The number of amides is 1. The Morgan fingerprint density at radius 1 is 0.718 bits per heavy atom. The van der Waals surface area contributed by atoms with Gasteiger partial charge >= 0.3 is 6.09 Å². The fourth-order valence-electron chi connectivity index (χ4n) is 3.71. The Labute approximate surface area is 234 Å². The first-order chi connectivity index (χ1) is 19.0. The molecule has 1 unspecified atom stereocenters. The molecule has 2 rings (SSSR count). The van der Waals surface area contributed by atoms with Gasteiger partial charge in [0.2, 0.25) is 0 Å². The van der Waals surface area contributed by atoms with Crippen molar-refractivity contribution in [2.45, 2.75) is 58.5 Å². The van der Waals surface area contributed by atoms with Crippen LogP contribution in [0.25, 0.3) is 0 Å². The van der Waals surface area contributed by atoms with Crippen LogP contribution in [-0.4, -0.2) is 109 Å². The van der Waals surface area contributed by atoms with Gasteiger partial charge < -0.3 is 37.9 Å². The van der Waals surface area contributed by atoms with Crippen molar-refractivity contribution in [2.75, 3.05) is 85.8 Å². The number of likely N-dealkylation sites (tertiary alicyclic amines) is 1. The van der Waals surface area contributed by atoms with Gasteiger partial charge in [0.15, 0.2) is 0 Å². The lowest BCUT2D eigenvalue weighted by Crippen LogP contribution is -2.47. The molecule has 0 bridgehead atoms. The number of benzene rings is 1. The summed E-state index contributed by atoms with van der Waals surface area (Å²) in [5.74, 6) is 0. The van der Waals surface area contributed by atoms with Crippen LogP contribution in [0.1, 0.15) is 45.6 Å². The van der Waals surface area contributed by atoms with Crippen LogP contribution in [0.15, 0.2) is 30.3 Å². The Hall–Kier alpha value is -1.79. The Balaban J connectivity index is 1.29. The fraction of sp³-hybridized carbons (Fsp3) is 0.759. The standard InChI is InChI=1S/C29H49NO9/c1-29(2,3)39-28(31)30-12-8-7-11-27(30)38-24-23-36-20-19-34-16-15-32-13-14-33-17-18-35-21-22-37-25-26-9-5-4-6-10-26/h4-6,9-10,27H,7-8,11-25H2,1-3H3. The highest BCUT2D eigenvalue weighted by molar-refractivity contribution is 5.68. The summed E-state index contributed by atoms with van der Waals surface area (Å²) in [6, 6.07) is 10.1. The summed E-state index contributed by atoms with van der Waals surface area (Å²) < 4.78 is 44.5. The molecule has 1 atom stereocenters. The van der Waals surface area contributed by atoms with Crippen molar-refractivity contribution >= 4 is 6.09 Å². The third kappa shape index (κ3) is 17.5. The maximum atomic E-state index is 12.4. The molecule has 1 heterocycles. The third-order valence-corrected chi connectivity index (χ3v) is 5.59. The van der Waals surface area contributed by atoms with Gasteiger partial charge in [-0.2, -0.15) is 0 Å². The molecule has 10 heteroatoms. The van der Waals surface area contributed by atoms with Crippen LogP contribution in [-0.2, 0) is 44.5 Å². The minimum absolute atomic E-state index is 0.258. The van der Waals surface area contributed by atoms with Gasteiger partial charge in [-0.1, -0.05) is 30.3 Å². The molecule has 1 aliphatic heterocycles. The van der Waals surface area contributed by atoms with E-state index < -0.39 is 5.60 Å². The average molecular weight is 556 g/mol. The fourth-order valence-corrected chi connectivity index (χ4v) is 3.71. The average Bonchev–Trinajstić information content (AvgIpc) is 2.92. The molecule has 1 aromatic carbocycles. The van der Waals surface area contributed by atoms with Crippen molar-refractivity contribution in [3.05, 3.63) is 35.9 Å². The Morgan fingerprint density at radius 2 is 1.21 bits per heavy atom. The predicted molar refractivity (Wildman–Crippen MR) is 147 cm³/mol. The molecule has 0 radical (unpaired) electrons. The first-order valence-electron chi connectivity index (χ1n) is 14.1. The second-order valence-corrected chi connectivity index (χ2v) is 10.1. The van der Waals surface area contributed by atoms with Gasteiger partial charge in [-0.05, 0) is 45.6 Å². The molecular weight excluding hydrogens is 506 g/mol. The normalized spacial score (nSPS) is 16.0. The minimum Gasteiger partial charge on any atom is -0.444 e. The molecule has 0 N–H and O–H groups in total. The molecule has 39 heavy (non-hydrogen) atoms. The summed E-state index contributed by atoms with van der Waals surface area (Å²) in [7, 11) is 0. The van der Waals surface area contributed by atoms with Crippen molar-refractivity contribution in [3.8, 4) is 0 Å². The van der Waals surface area contributed by atoms with Crippen molar-refractivity contribution in [2.24, 2.45) is 0 Å². The molecule has 1 amide bonds. The van der Waals surface area contributed by atoms with E-state index in [1.807, 2.05) is 51.1 Å². The lowest BCUT2D eigenvalue weighted by atomic mass is 10.1. The summed E-state index contributed by atoms with van der Waals surface area (Å²) in [6.45, 7) is 12.9. The Kier molecular flexibility index (Phi) is 18.0. The number of hydrogen-bond donors (Lipinski definition) is 0. The number of hydrogen-bond acceptors (Lipinski definition) is 9. The molecule has 10 nitrogen and oxygen atoms in total. The van der Waals surface area contributed by atoms with Crippen LogP contribution in [0.2, 0.25) is 0 Å². The maximum Gasteiger partial charge on any atom is 0.412 e. The van der Waals surface area contributed by atoms with Crippen LogP contribution in [0, 0.1) is 0 Å². The molecule has 0 aromatic heterocycles. The van der Waals surface area contributed by atoms with Gasteiger partial charge in [0, 0.05) is 6.54 Å². The molecule has 0 saturated carbocycles. The van der Waals surface area contributed by atoms with E-state index in [1.54, 1.807) is 4.90 Å². The van der Waals surface area contributed by atoms with Gasteiger partial charge in [0.05, 0.1) is 85.9 Å². The molecule has 1 fully saturated rings. The molecule has 0 aliphatic carbocycles. The van der Waals surface area contributed by atoms with Crippen molar-refractivity contribution in [3.63, 3.8) is 0 Å². The summed E-state index contributed by atoms with van der Waals surface area (Å²) in [6.07, 6.45) is 2.23. The highest BCUT2D eigenvalue weighted by atomic mass is 16.6. The minimum atomic E-state index is -0.518. The summed E-state index contributed by atoms with van der Waals surface area (Å²) in [5.41, 5.74) is 0.640. The molecular formula is C29H49NO9. The third-order valence-electron chi connectivity index (χ3n) is 5.59. The van der Waals surface area contributed by atoms with E-state index in [9.17, 15) is 4.79 Å². The molecule has 1 saturated heterocycles. The van der Waals surface area contributed by atoms with Crippen LogP contribution >= 0.6 is 0 Å². The number of ether oxygens (including phenoxy) is 8. The monoisotopic (exact) mass is 555 g/mol. The largest absolute Gasteiger partial charge is 0.444 e. The van der Waals surface area contributed by atoms with E-state index in [2.05, 4.69) is 0 Å². The van der Waals surface area contributed by atoms with Crippen molar-refractivity contribution in [1.29, 1.82) is 0 Å². The van der Waals surface area contributed by atoms with Gasteiger partial charge in [0.1, 0.15) is 11.8 Å². The SMILES string of the molecule is CC(C)(C)OC(=O)N1CCCCC1OCCOCCOCCOCCOCCOCCOCc1ccccc1. The topological polar surface area (TPSA) is 94.2 Å². The van der Waals surface area contributed by atoms with E-state index in [1.165, 1.54) is 0 Å². The maximum absolute atomic E-state index is 12.4. The Morgan fingerprint density at radius 3 is 1.72 bits per heavy atom. The predicted octanol–water partition coefficient (Wildman–Crippen LogP) is 4.05. The van der Waals surface area contributed by atoms with Crippen LogP contribution < -0.4 is 0 Å². The van der Waals surface area contributed by atoms with E-state index in [-0.39, 0.29) is 12.3 Å². The highest BCUT2D eigenvalue weighted by Gasteiger charge is 2.30. The van der Waals surface area contributed by atoms with Gasteiger partial charge in [0.25, 0.3) is 0 Å². The first-order valence-corrected chi connectivity index (χ1v) is 14.1. The van der Waals surface area contributed by atoms with Gasteiger partial charge in [-0.15, -0.1) is 0 Å².